The van der Waals surface area contributed by atoms with Gasteiger partial charge in [-0.05, 0) is 30.2 Å². The van der Waals surface area contributed by atoms with Gasteiger partial charge in [-0.15, -0.1) is 0 Å². The summed E-state index contributed by atoms with van der Waals surface area (Å²) >= 11 is 1.73. The molecular formula is C13H19F2NS. The molecule has 0 aliphatic rings. The van der Waals surface area contributed by atoms with Gasteiger partial charge in [0.15, 0.2) is 0 Å². The van der Waals surface area contributed by atoms with Crippen molar-refractivity contribution in [1.82, 2.24) is 0 Å². The molecule has 0 aliphatic heterocycles. The lowest BCUT2D eigenvalue weighted by atomic mass is 10.1. The Balaban J connectivity index is 2.56. The summed E-state index contributed by atoms with van der Waals surface area (Å²) in [6, 6.07) is 3.33. The first-order valence-corrected chi connectivity index (χ1v) is 6.60. The lowest BCUT2D eigenvalue weighted by molar-refractivity contribution is 0.575. The van der Waals surface area contributed by atoms with Crippen LogP contribution in [-0.2, 0) is 6.42 Å². The number of halogens is 2. The van der Waals surface area contributed by atoms with Crippen molar-refractivity contribution in [2.45, 2.75) is 38.0 Å². The highest BCUT2D eigenvalue weighted by molar-refractivity contribution is 8.00. The summed E-state index contributed by atoms with van der Waals surface area (Å²) in [7, 11) is 0. The summed E-state index contributed by atoms with van der Waals surface area (Å²) in [5, 5.41) is 0. The second kappa shape index (κ2) is 5.83. The van der Waals surface area contributed by atoms with Crippen LogP contribution in [0.3, 0.4) is 0 Å². The van der Waals surface area contributed by atoms with E-state index in [0.29, 0.717) is 12.0 Å². The second-order valence-electron chi connectivity index (χ2n) is 5.12. The van der Waals surface area contributed by atoms with Gasteiger partial charge in [0, 0.05) is 16.5 Å². The Labute approximate surface area is 106 Å². The maximum Gasteiger partial charge on any atom is 0.126 e. The monoisotopic (exact) mass is 259 g/mol. The summed E-state index contributed by atoms with van der Waals surface area (Å²) in [5.41, 5.74) is 6.28. The molecule has 1 nitrogen and oxygen atoms in total. The fourth-order valence-electron chi connectivity index (χ4n) is 1.40. The summed E-state index contributed by atoms with van der Waals surface area (Å²) in [6.45, 7) is 6.31. The van der Waals surface area contributed by atoms with Gasteiger partial charge in [-0.1, -0.05) is 20.8 Å². The van der Waals surface area contributed by atoms with E-state index in [4.69, 9.17) is 5.73 Å². The smallest absolute Gasteiger partial charge is 0.126 e. The van der Waals surface area contributed by atoms with Crippen molar-refractivity contribution in [3.05, 3.63) is 35.4 Å². The van der Waals surface area contributed by atoms with Crippen LogP contribution >= 0.6 is 11.8 Å². The molecule has 4 heteroatoms. The van der Waals surface area contributed by atoms with Crippen molar-refractivity contribution in [1.29, 1.82) is 0 Å². The van der Waals surface area contributed by atoms with E-state index in [2.05, 4.69) is 20.8 Å². The van der Waals surface area contributed by atoms with Gasteiger partial charge in [-0.3, -0.25) is 0 Å². The van der Waals surface area contributed by atoms with E-state index in [9.17, 15) is 8.78 Å². The van der Waals surface area contributed by atoms with Crippen molar-refractivity contribution in [3.63, 3.8) is 0 Å². The summed E-state index contributed by atoms with van der Waals surface area (Å²) in [6.07, 6.45) is 0.368. The molecule has 96 valence electrons. The number of nitrogens with two attached hydrogens (primary N) is 1. The zero-order valence-corrected chi connectivity index (χ0v) is 11.3. The zero-order chi connectivity index (χ0) is 13.1. The van der Waals surface area contributed by atoms with E-state index >= 15 is 0 Å². The van der Waals surface area contributed by atoms with Crippen molar-refractivity contribution >= 4 is 11.8 Å². The maximum atomic E-state index is 13.4. The standard InChI is InChI=1S/C13H19F2NS/c1-13(2,3)17-8-11(16)7-9-6-10(14)4-5-12(9)15/h4-6,11H,7-8,16H2,1-3H3. The van der Waals surface area contributed by atoms with Crippen LogP contribution in [0.5, 0.6) is 0 Å². The summed E-state index contributed by atoms with van der Waals surface area (Å²) in [5.74, 6) is -0.0703. The third-order valence-corrected chi connectivity index (χ3v) is 3.68. The number of rotatable bonds is 4. The van der Waals surface area contributed by atoms with Gasteiger partial charge in [-0.25, -0.2) is 8.78 Å². The number of hydrogen-bond donors (Lipinski definition) is 1. The van der Waals surface area contributed by atoms with Crippen LogP contribution in [0.2, 0.25) is 0 Å². The minimum atomic E-state index is -0.419. The second-order valence-corrected chi connectivity index (χ2v) is 6.97. The molecule has 0 amide bonds. The Morgan fingerprint density at radius 2 is 1.94 bits per heavy atom. The van der Waals surface area contributed by atoms with Gasteiger partial charge < -0.3 is 5.73 Å². The predicted molar refractivity (Wildman–Crippen MR) is 70.2 cm³/mol. The highest BCUT2D eigenvalue weighted by atomic mass is 32.2. The molecule has 2 N–H and O–H groups in total. The maximum absolute atomic E-state index is 13.4. The summed E-state index contributed by atoms with van der Waals surface area (Å²) in [4.78, 5) is 0. The molecule has 1 unspecified atom stereocenters. The van der Waals surface area contributed by atoms with Gasteiger partial charge >= 0.3 is 0 Å². The van der Waals surface area contributed by atoms with Crippen molar-refractivity contribution in [2.75, 3.05) is 5.75 Å². The Morgan fingerprint density at radius 3 is 2.53 bits per heavy atom. The van der Waals surface area contributed by atoms with E-state index in [-0.39, 0.29) is 16.6 Å². The van der Waals surface area contributed by atoms with E-state index in [1.807, 2.05) is 0 Å². The van der Waals surface area contributed by atoms with E-state index in [0.717, 1.165) is 17.9 Å². The Hall–Kier alpha value is -0.610. The molecule has 0 aliphatic carbocycles. The number of thioether (sulfide) groups is 1. The van der Waals surface area contributed by atoms with E-state index in [1.54, 1.807) is 11.8 Å². The third-order valence-electron chi connectivity index (χ3n) is 2.22. The van der Waals surface area contributed by atoms with Crippen LogP contribution in [-0.4, -0.2) is 16.5 Å². The van der Waals surface area contributed by atoms with Crippen molar-refractivity contribution in [2.24, 2.45) is 5.73 Å². The normalized spacial score (nSPS) is 13.8. The molecule has 1 aromatic carbocycles. The first-order valence-electron chi connectivity index (χ1n) is 5.61. The Morgan fingerprint density at radius 1 is 1.29 bits per heavy atom. The molecule has 1 aromatic rings. The van der Waals surface area contributed by atoms with Crippen LogP contribution in [0.25, 0.3) is 0 Å². The van der Waals surface area contributed by atoms with Gasteiger partial charge in [0.2, 0.25) is 0 Å². The van der Waals surface area contributed by atoms with Crippen LogP contribution < -0.4 is 5.73 Å². The fourth-order valence-corrected chi connectivity index (χ4v) is 2.23. The minimum Gasteiger partial charge on any atom is -0.327 e. The first-order chi connectivity index (χ1) is 7.78. The quantitative estimate of drug-likeness (QED) is 0.897. The molecule has 0 bridgehead atoms. The highest BCUT2D eigenvalue weighted by Gasteiger charge is 2.15. The third kappa shape index (κ3) is 5.50. The molecule has 1 atom stereocenters. The molecule has 0 saturated carbocycles. The molecule has 17 heavy (non-hydrogen) atoms. The van der Waals surface area contributed by atoms with Crippen molar-refractivity contribution < 1.29 is 8.78 Å². The largest absolute Gasteiger partial charge is 0.327 e. The SMILES string of the molecule is CC(C)(C)SCC(N)Cc1cc(F)ccc1F. The van der Waals surface area contributed by atoms with Crippen LogP contribution in [0.4, 0.5) is 8.78 Å². The zero-order valence-electron chi connectivity index (χ0n) is 10.5. The number of benzene rings is 1. The topological polar surface area (TPSA) is 26.0 Å². The molecule has 0 saturated heterocycles. The van der Waals surface area contributed by atoms with Crippen molar-refractivity contribution in [3.8, 4) is 0 Å². The van der Waals surface area contributed by atoms with Crippen LogP contribution in [0.15, 0.2) is 18.2 Å². The fraction of sp³-hybridized carbons (Fsp3) is 0.538. The lowest BCUT2D eigenvalue weighted by Gasteiger charge is -2.20. The highest BCUT2D eigenvalue weighted by Crippen LogP contribution is 2.24. The first kappa shape index (κ1) is 14.5. The van der Waals surface area contributed by atoms with Gasteiger partial charge in [-0.2, -0.15) is 11.8 Å². The van der Waals surface area contributed by atoms with Gasteiger partial charge in [0.1, 0.15) is 11.6 Å². The molecule has 0 fully saturated rings. The molecule has 1 rings (SSSR count). The molecule has 0 heterocycles. The molecule has 0 aromatic heterocycles. The molecule has 0 radical (unpaired) electrons. The van der Waals surface area contributed by atoms with E-state index < -0.39 is 5.82 Å². The average molecular weight is 259 g/mol. The molecular weight excluding hydrogens is 240 g/mol. The van der Waals surface area contributed by atoms with Crippen LogP contribution in [0.1, 0.15) is 26.3 Å². The van der Waals surface area contributed by atoms with Gasteiger partial charge in [0.25, 0.3) is 0 Å². The van der Waals surface area contributed by atoms with Crippen LogP contribution in [0, 0.1) is 11.6 Å². The Bertz CT molecular complexity index is 374. The predicted octanol–water partition coefficient (Wildman–Crippen LogP) is 3.37. The molecule has 0 spiro atoms. The van der Waals surface area contributed by atoms with Gasteiger partial charge in [0.05, 0.1) is 0 Å². The lowest BCUT2D eigenvalue weighted by Crippen LogP contribution is -2.28. The van der Waals surface area contributed by atoms with E-state index in [1.165, 1.54) is 6.07 Å². The minimum absolute atomic E-state index is 0.137. The number of hydrogen-bond acceptors (Lipinski definition) is 2. The summed E-state index contributed by atoms with van der Waals surface area (Å²) < 4.78 is 26.5. The average Bonchev–Trinajstić information content (AvgIpc) is 2.20. The Kier molecular flexibility index (Phi) is 4.95.